The van der Waals surface area contributed by atoms with Crippen LogP contribution in [0.2, 0.25) is 0 Å². The van der Waals surface area contributed by atoms with Gasteiger partial charge in [-0.1, -0.05) is 37.2 Å². The normalized spacial score (nSPS) is 18.6. The van der Waals surface area contributed by atoms with Crippen molar-refractivity contribution in [3.63, 3.8) is 0 Å². The van der Waals surface area contributed by atoms with Crippen molar-refractivity contribution in [3.8, 4) is 0 Å². The molecule has 0 N–H and O–H groups in total. The first-order valence-electron chi connectivity index (χ1n) is 9.44. The number of hydrogen-bond acceptors (Lipinski definition) is 3. The Morgan fingerprint density at radius 2 is 2.12 bits per heavy atom. The number of fused-ring (bicyclic) bond motifs is 1. The van der Waals surface area contributed by atoms with Crippen LogP contribution in [0.3, 0.4) is 0 Å². The van der Waals surface area contributed by atoms with Gasteiger partial charge in [-0.05, 0) is 37.9 Å². The minimum absolute atomic E-state index is 0.375. The molecule has 1 fully saturated rings. The van der Waals surface area contributed by atoms with Crippen molar-refractivity contribution in [2.24, 2.45) is 0 Å². The second-order valence-electron chi connectivity index (χ2n) is 7.39. The predicted octanol–water partition coefficient (Wildman–Crippen LogP) is 5.11. The molecule has 3 aromatic rings. The first kappa shape index (κ1) is 16.4. The van der Waals surface area contributed by atoms with Crippen molar-refractivity contribution >= 4 is 10.9 Å². The van der Waals surface area contributed by atoms with Crippen LogP contribution in [0.15, 0.2) is 41.1 Å². The zero-order valence-electron chi connectivity index (χ0n) is 15.4. The zero-order valence-corrected chi connectivity index (χ0v) is 15.4. The average Bonchev–Trinajstić information content (AvgIpc) is 3.33. The third-order valence-corrected chi connectivity index (χ3v) is 5.41. The van der Waals surface area contributed by atoms with Crippen LogP contribution in [0.1, 0.15) is 62.6 Å². The second kappa shape index (κ2) is 6.68. The monoisotopic (exact) mass is 337 g/mol. The molecule has 1 atom stereocenters. The van der Waals surface area contributed by atoms with Gasteiger partial charge >= 0.3 is 0 Å². The number of aromatic nitrogens is 2. The molecule has 2 aromatic heterocycles. The van der Waals surface area contributed by atoms with Gasteiger partial charge in [0.1, 0.15) is 11.5 Å². The third kappa shape index (κ3) is 2.99. The van der Waals surface area contributed by atoms with Crippen molar-refractivity contribution in [2.45, 2.75) is 58.7 Å². The van der Waals surface area contributed by atoms with Gasteiger partial charge in [0.2, 0.25) is 0 Å². The van der Waals surface area contributed by atoms with Crippen LogP contribution in [0.4, 0.5) is 0 Å². The minimum atomic E-state index is 0.375. The molecule has 0 saturated carbocycles. The summed E-state index contributed by atoms with van der Waals surface area (Å²) in [5, 5.41) is 5.75. The minimum Gasteiger partial charge on any atom is -0.361 e. The van der Waals surface area contributed by atoms with E-state index in [9.17, 15) is 0 Å². The molecule has 0 aliphatic carbocycles. The molecule has 0 spiro atoms. The van der Waals surface area contributed by atoms with Crippen molar-refractivity contribution in [1.29, 1.82) is 0 Å². The molecule has 4 nitrogen and oxygen atoms in total. The highest BCUT2D eigenvalue weighted by molar-refractivity contribution is 5.83. The van der Waals surface area contributed by atoms with E-state index >= 15 is 0 Å². The lowest BCUT2D eigenvalue weighted by Crippen LogP contribution is -2.22. The van der Waals surface area contributed by atoms with Crippen LogP contribution < -0.4 is 0 Å². The van der Waals surface area contributed by atoms with Crippen molar-refractivity contribution in [3.05, 3.63) is 53.5 Å². The Balaban J connectivity index is 1.61. The van der Waals surface area contributed by atoms with Crippen molar-refractivity contribution in [1.82, 2.24) is 14.6 Å². The van der Waals surface area contributed by atoms with Gasteiger partial charge in [-0.2, -0.15) is 0 Å². The summed E-state index contributed by atoms with van der Waals surface area (Å²) in [6.07, 6.45) is 4.71. The van der Waals surface area contributed by atoms with Crippen LogP contribution in [0.5, 0.6) is 0 Å². The van der Waals surface area contributed by atoms with E-state index in [4.69, 9.17) is 4.52 Å². The number of para-hydroxylation sites is 1. The maximum Gasteiger partial charge on any atom is 0.139 e. The molecule has 1 aromatic carbocycles. The first-order valence-corrected chi connectivity index (χ1v) is 9.44. The molecule has 1 aliphatic rings. The predicted molar refractivity (Wildman–Crippen MR) is 101 cm³/mol. The highest BCUT2D eigenvalue weighted by atomic mass is 16.5. The zero-order chi connectivity index (χ0) is 17.4. The van der Waals surface area contributed by atoms with Crippen LogP contribution in [-0.2, 0) is 13.1 Å². The summed E-state index contributed by atoms with van der Waals surface area (Å²) in [6.45, 7) is 9.61. The average molecular weight is 337 g/mol. The first-order chi connectivity index (χ1) is 12.2. The summed E-state index contributed by atoms with van der Waals surface area (Å²) in [4.78, 5) is 2.56. The Morgan fingerprint density at radius 3 is 2.88 bits per heavy atom. The van der Waals surface area contributed by atoms with E-state index in [1.807, 2.05) is 0 Å². The molecule has 0 unspecified atom stereocenters. The summed E-state index contributed by atoms with van der Waals surface area (Å²) >= 11 is 0. The van der Waals surface area contributed by atoms with Gasteiger partial charge in [0.15, 0.2) is 0 Å². The second-order valence-corrected chi connectivity index (χ2v) is 7.39. The van der Waals surface area contributed by atoms with E-state index in [0.29, 0.717) is 12.0 Å². The molecule has 1 aliphatic heterocycles. The highest BCUT2D eigenvalue weighted by Gasteiger charge is 2.29. The number of rotatable bonds is 5. The van der Waals surface area contributed by atoms with E-state index in [2.05, 4.69) is 71.9 Å². The third-order valence-electron chi connectivity index (χ3n) is 5.41. The maximum absolute atomic E-state index is 5.55. The molecule has 1 saturated heterocycles. The number of aryl methyl sites for hydroxylation is 1. The van der Waals surface area contributed by atoms with Gasteiger partial charge in [-0.3, -0.25) is 4.90 Å². The van der Waals surface area contributed by atoms with E-state index in [-0.39, 0.29) is 0 Å². The fourth-order valence-electron chi connectivity index (χ4n) is 4.01. The Morgan fingerprint density at radius 1 is 1.28 bits per heavy atom. The summed E-state index contributed by atoms with van der Waals surface area (Å²) in [5.74, 6) is 1.38. The molecule has 0 amide bonds. The molecule has 25 heavy (non-hydrogen) atoms. The standard InChI is InChI=1S/C21H27N3O/c1-4-23-13-16(17-8-5-6-9-19(17)23)14-24-11-7-10-20(24)18-12-21(15(2)3)25-22-18/h5-6,8-9,12-13,15,20H,4,7,10-11,14H2,1-3H3/t20-/m1/s1. The number of likely N-dealkylation sites (tertiary alicyclic amines) is 1. The van der Waals surface area contributed by atoms with E-state index in [1.165, 1.54) is 22.9 Å². The Hall–Kier alpha value is -2.07. The van der Waals surface area contributed by atoms with E-state index in [1.54, 1.807) is 0 Å². The van der Waals surface area contributed by atoms with Gasteiger partial charge < -0.3 is 9.09 Å². The topological polar surface area (TPSA) is 34.2 Å². The summed E-state index contributed by atoms with van der Waals surface area (Å²) in [7, 11) is 0. The van der Waals surface area contributed by atoms with Gasteiger partial charge in [0.05, 0.1) is 6.04 Å². The Kier molecular flexibility index (Phi) is 4.38. The lowest BCUT2D eigenvalue weighted by molar-refractivity contribution is 0.237. The lowest BCUT2D eigenvalue weighted by Gasteiger charge is -2.22. The summed E-state index contributed by atoms with van der Waals surface area (Å²) in [6, 6.07) is 11.3. The summed E-state index contributed by atoms with van der Waals surface area (Å²) < 4.78 is 7.90. The van der Waals surface area contributed by atoms with Gasteiger partial charge in [-0.15, -0.1) is 0 Å². The van der Waals surface area contributed by atoms with Gasteiger partial charge in [0.25, 0.3) is 0 Å². The van der Waals surface area contributed by atoms with Crippen molar-refractivity contribution in [2.75, 3.05) is 6.54 Å². The SMILES string of the molecule is CCn1cc(CN2CCC[C@@H]2c2cc(C(C)C)on2)c2ccccc21. The smallest absolute Gasteiger partial charge is 0.139 e. The quantitative estimate of drug-likeness (QED) is 0.649. The number of benzene rings is 1. The Bertz CT molecular complexity index is 861. The molecule has 3 heterocycles. The van der Waals surface area contributed by atoms with Gasteiger partial charge in [0, 0.05) is 42.2 Å². The molecule has 4 rings (SSSR count). The molecule has 132 valence electrons. The molecular formula is C21H27N3O. The van der Waals surface area contributed by atoms with Crippen LogP contribution in [0, 0.1) is 0 Å². The molecule has 0 bridgehead atoms. The van der Waals surface area contributed by atoms with Gasteiger partial charge in [-0.25, -0.2) is 0 Å². The van der Waals surface area contributed by atoms with Crippen molar-refractivity contribution < 1.29 is 4.52 Å². The van der Waals surface area contributed by atoms with E-state index in [0.717, 1.165) is 37.5 Å². The van der Waals surface area contributed by atoms with Crippen LogP contribution >= 0.6 is 0 Å². The fraction of sp³-hybridized carbons (Fsp3) is 0.476. The molecular weight excluding hydrogens is 310 g/mol. The maximum atomic E-state index is 5.55. The van der Waals surface area contributed by atoms with E-state index < -0.39 is 0 Å². The lowest BCUT2D eigenvalue weighted by atomic mass is 10.1. The van der Waals surface area contributed by atoms with Crippen LogP contribution in [-0.4, -0.2) is 21.2 Å². The number of nitrogens with zero attached hydrogens (tertiary/aromatic N) is 3. The summed E-state index contributed by atoms with van der Waals surface area (Å²) in [5.41, 5.74) is 3.84. The van der Waals surface area contributed by atoms with Crippen LogP contribution in [0.25, 0.3) is 10.9 Å². The largest absolute Gasteiger partial charge is 0.361 e. The Labute approximate surface area is 149 Å². The molecule has 0 radical (unpaired) electrons. The molecule has 4 heteroatoms. The number of hydrogen-bond donors (Lipinski definition) is 0. The fourth-order valence-corrected chi connectivity index (χ4v) is 4.01. The highest BCUT2D eigenvalue weighted by Crippen LogP contribution is 2.35.